The van der Waals surface area contributed by atoms with Crippen molar-refractivity contribution in [2.75, 3.05) is 29.4 Å². The zero-order chi connectivity index (χ0) is 22.2. The molecule has 2 aromatic rings. The second kappa shape index (κ2) is 8.74. The summed E-state index contributed by atoms with van der Waals surface area (Å²) in [6.07, 6.45) is 9.06. The topological polar surface area (TPSA) is 57.0 Å². The number of carbonyl (C=O) groups is 2. The van der Waals surface area contributed by atoms with Crippen LogP contribution in [0.4, 0.5) is 11.4 Å². The summed E-state index contributed by atoms with van der Waals surface area (Å²) < 4.78 is 5.40. The maximum absolute atomic E-state index is 13.2. The normalized spacial score (nSPS) is 26.2. The van der Waals surface area contributed by atoms with Crippen molar-refractivity contribution in [3.63, 3.8) is 0 Å². The van der Waals surface area contributed by atoms with Gasteiger partial charge in [-0.15, -0.1) is 0 Å². The van der Waals surface area contributed by atoms with E-state index >= 15 is 0 Å². The van der Waals surface area contributed by atoms with Crippen molar-refractivity contribution < 1.29 is 14.0 Å². The Balaban J connectivity index is 1.43. The predicted octanol–water partition coefficient (Wildman–Crippen LogP) is 4.80. The SMILES string of the molecule is CC(=O)N1c2ccc(C3CCC(N4CCCC4)CC3)cc2N(C(=O)c2ccco2)C[C@@H]1C. The van der Waals surface area contributed by atoms with E-state index in [9.17, 15) is 9.59 Å². The van der Waals surface area contributed by atoms with Crippen LogP contribution in [0.1, 0.15) is 74.4 Å². The third-order valence-electron chi connectivity index (χ3n) is 7.58. The maximum atomic E-state index is 13.2. The average molecular weight is 436 g/mol. The Labute approximate surface area is 190 Å². The van der Waals surface area contributed by atoms with Gasteiger partial charge in [0.25, 0.3) is 5.91 Å². The van der Waals surface area contributed by atoms with Gasteiger partial charge in [-0.05, 0) is 94.3 Å². The van der Waals surface area contributed by atoms with Gasteiger partial charge in [0.05, 0.1) is 23.7 Å². The molecule has 1 saturated carbocycles. The first-order valence-corrected chi connectivity index (χ1v) is 12.1. The number of anilines is 2. The molecule has 6 heteroatoms. The molecule has 3 aliphatic rings. The van der Waals surface area contributed by atoms with E-state index in [-0.39, 0.29) is 17.9 Å². The van der Waals surface area contributed by atoms with Crippen LogP contribution in [0.5, 0.6) is 0 Å². The molecule has 0 spiro atoms. The summed E-state index contributed by atoms with van der Waals surface area (Å²) in [5.41, 5.74) is 2.91. The summed E-state index contributed by atoms with van der Waals surface area (Å²) in [5.74, 6) is 0.685. The molecular formula is C26H33N3O3. The molecule has 0 radical (unpaired) electrons. The molecule has 3 heterocycles. The minimum absolute atomic E-state index is 0.00252. The Morgan fingerprint density at radius 3 is 2.41 bits per heavy atom. The molecule has 2 amide bonds. The van der Waals surface area contributed by atoms with E-state index in [4.69, 9.17) is 4.42 Å². The van der Waals surface area contributed by atoms with Gasteiger partial charge in [0, 0.05) is 19.5 Å². The lowest BCUT2D eigenvalue weighted by molar-refractivity contribution is -0.117. The van der Waals surface area contributed by atoms with Crippen LogP contribution in [0.25, 0.3) is 0 Å². The molecule has 2 fully saturated rings. The molecular weight excluding hydrogens is 402 g/mol. The lowest BCUT2D eigenvalue weighted by Crippen LogP contribution is -2.51. The molecule has 0 bridgehead atoms. The van der Waals surface area contributed by atoms with E-state index in [1.54, 1.807) is 24.0 Å². The Morgan fingerprint density at radius 2 is 1.75 bits per heavy atom. The summed E-state index contributed by atoms with van der Waals surface area (Å²) in [6.45, 7) is 6.56. The Morgan fingerprint density at radius 1 is 1.00 bits per heavy atom. The van der Waals surface area contributed by atoms with Gasteiger partial charge in [0.2, 0.25) is 5.91 Å². The second-order valence-electron chi connectivity index (χ2n) is 9.63. The highest BCUT2D eigenvalue weighted by molar-refractivity contribution is 6.09. The smallest absolute Gasteiger partial charge is 0.294 e. The van der Waals surface area contributed by atoms with E-state index in [1.165, 1.54) is 63.4 Å². The summed E-state index contributed by atoms with van der Waals surface area (Å²) in [4.78, 5) is 32.0. The number of fused-ring (bicyclic) bond motifs is 1. The Kier molecular flexibility index (Phi) is 5.80. The van der Waals surface area contributed by atoms with Crippen LogP contribution in [0.15, 0.2) is 41.0 Å². The molecule has 0 N–H and O–H groups in total. The lowest BCUT2D eigenvalue weighted by Gasteiger charge is -2.41. The summed E-state index contributed by atoms with van der Waals surface area (Å²) >= 11 is 0. The van der Waals surface area contributed by atoms with E-state index in [1.807, 2.05) is 17.9 Å². The molecule has 170 valence electrons. The van der Waals surface area contributed by atoms with Crippen molar-refractivity contribution >= 4 is 23.2 Å². The summed E-state index contributed by atoms with van der Waals surface area (Å²) in [6, 6.07) is 10.4. The number of carbonyl (C=O) groups excluding carboxylic acids is 2. The fourth-order valence-electron chi connectivity index (χ4n) is 5.98. The van der Waals surface area contributed by atoms with Gasteiger partial charge in [0.15, 0.2) is 5.76 Å². The minimum Gasteiger partial charge on any atom is -0.459 e. The molecule has 6 nitrogen and oxygen atoms in total. The molecule has 5 rings (SSSR count). The van der Waals surface area contributed by atoms with Gasteiger partial charge in [0.1, 0.15) is 0 Å². The number of hydrogen-bond donors (Lipinski definition) is 0. The molecule has 32 heavy (non-hydrogen) atoms. The molecule has 1 atom stereocenters. The van der Waals surface area contributed by atoms with Crippen molar-refractivity contribution in [3.05, 3.63) is 47.9 Å². The van der Waals surface area contributed by atoms with Crippen molar-refractivity contribution in [2.24, 2.45) is 0 Å². The van der Waals surface area contributed by atoms with Gasteiger partial charge in [-0.3, -0.25) is 9.59 Å². The number of likely N-dealkylation sites (tertiary alicyclic amines) is 1. The van der Waals surface area contributed by atoms with Crippen LogP contribution in [0, 0.1) is 0 Å². The van der Waals surface area contributed by atoms with Crippen LogP contribution in [0.2, 0.25) is 0 Å². The van der Waals surface area contributed by atoms with E-state index in [0.717, 1.165) is 17.4 Å². The highest BCUT2D eigenvalue weighted by Gasteiger charge is 2.36. The van der Waals surface area contributed by atoms with Crippen LogP contribution < -0.4 is 9.80 Å². The quantitative estimate of drug-likeness (QED) is 0.695. The van der Waals surface area contributed by atoms with Crippen molar-refractivity contribution in [3.8, 4) is 0 Å². The van der Waals surface area contributed by atoms with Crippen LogP contribution in [0.3, 0.4) is 0 Å². The molecule has 0 unspecified atom stereocenters. The lowest BCUT2D eigenvalue weighted by atomic mass is 9.81. The van der Waals surface area contributed by atoms with Gasteiger partial charge in [-0.25, -0.2) is 0 Å². The molecule has 2 aliphatic heterocycles. The first-order chi connectivity index (χ1) is 15.5. The molecule has 1 saturated heterocycles. The number of amides is 2. The van der Waals surface area contributed by atoms with E-state index in [2.05, 4.69) is 17.0 Å². The van der Waals surface area contributed by atoms with Crippen LogP contribution in [-0.4, -0.2) is 48.4 Å². The predicted molar refractivity (Wildman–Crippen MR) is 125 cm³/mol. The minimum atomic E-state index is -0.152. The summed E-state index contributed by atoms with van der Waals surface area (Å²) in [7, 11) is 0. The van der Waals surface area contributed by atoms with Crippen molar-refractivity contribution in [2.45, 2.75) is 70.4 Å². The zero-order valence-corrected chi connectivity index (χ0v) is 19.1. The van der Waals surface area contributed by atoms with Gasteiger partial charge in [-0.2, -0.15) is 0 Å². The summed E-state index contributed by atoms with van der Waals surface area (Å²) in [5, 5.41) is 0. The highest BCUT2D eigenvalue weighted by atomic mass is 16.3. The third-order valence-corrected chi connectivity index (χ3v) is 7.58. The largest absolute Gasteiger partial charge is 0.459 e. The molecule has 1 aliphatic carbocycles. The molecule has 1 aromatic heterocycles. The number of nitrogens with zero attached hydrogens (tertiary/aromatic N) is 3. The monoisotopic (exact) mass is 435 g/mol. The number of furan rings is 1. The van der Waals surface area contributed by atoms with Gasteiger partial charge < -0.3 is 19.1 Å². The highest BCUT2D eigenvalue weighted by Crippen LogP contribution is 2.42. The second-order valence-corrected chi connectivity index (χ2v) is 9.63. The van der Waals surface area contributed by atoms with Crippen LogP contribution in [-0.2, 0) is 4.79 Å². The standard InChI is InChI=1S/C26H33N3O3/c1-18-17-28(26(31)25-6-5-15-32-25)24-16-21(9-12-23(24)29(18)19(2)30)20-7-10-22(11-8-20)27-13-3-4-14-27/h5-6,9,12,15-16,18,20,22H,3-4,7-8,10-11,13-14,17H2,1-2H3/t18-,20?,22?/m0/s1. The average Bonchev–Trinajstić information content (AvgIpc) is 3.52. The number of rotatable bonds is 3. The fourth-order valence-corrected chi connectivity index (χ4v) is 5.98. The first-order valence-electron chi connectivity index (χ1n) is 12.1. The molecule has 1 aromatic carbocycles. The van der Waals surface area contributed by atoms with Crippen molar-refractivity contribution in [1.82, 2.24) is 4.90 Å². The Bertz CT molecular complexity index is 972. The third kappa shape index (κ3) is 3.85. The van der Waals surface area contributed by atoms with E-state index < -0.39 is 0 Å². The van der Waals surface area contributed by atoms with Crippen molar-refractivity contribution in [1.29, 1.82) is 0 Å². The number of hydrogen-bond acceptors (Lipinski definition) is 4. The zero-order valence-electron chi connectivity index (χ0n) is 19.1. The first kappa shape index (κ1) is 21.3. The van der Waals surface area contributed by atoms with Gasteiger partial charge in [-0.1, -0.05) is 6.07 Å². The number of benzene rings is 1. The maximum Gasteiger partial charge on any atom is 0.294 e. The fraction of sp³-hybridized carbons (Fsp3) is 0.538. The Hall–Kier alpha value is -2.60. The van der Waals surface area contributed by atoms with Gasteiger partial charge >= 0.3 is 0 Å². The van der Waals surface area contributed by atoms with E-state index in [0.29, 0.717) is 18.2 Å². The van der Waals surface area contributed by atoms with Crippen LogP contribution >= 0.6 is 0 Å².